The summed E-state index contributed by atoms with van der Waals surface area (Å²) in [4.78, 5) is 0. The average Bonchev–Trinajstić information content (AvgIpc) is 3.09. The molecule has 0 spiro atoms. The molecule has 0 N–H and O–H groups in total. The summed E-state index contributed by atoms with van der Waals surface area (Å²) in [5.41, 5.74) is -1.85. The average molecular weight is 400 g/mol. The number of halogens is 5. The molecule has 0 aliphatic carbocycles. The van der Waals surface area contributed by atoms with Crippen LogP contribution in [0.1, 0.15) is 11.1 Å². The highest BCUT2D eigenvalue weighted by Gasteiger charge is 2.65. The van der Waals surface area contributed by atoms with Crippen LogP contribution < -0.4 is 4.74 Å². The van der Waals surface area contributed by atoms with Crippen LogP contribution in [0.25, 0.3) is 6.08 Å². The summed E-state index contributed by atoms with van der Waals surface area (Å²) in [7, 11) is 1.39. The second-order valence-electron chi connectivity index (χ2n) is 3.76. The van der Waals surface area contributed by atoms with E-state index in [2.05, 4.69) is 42.1 Å². The molecule has 0 atom stereocenters. The molecule has 0 saturated carbocycles. The minimum absolute atomic E-state index is 0.0558. The number of rotatable bonds is 3. The quantitative estimate of drug-likeness (QED) is 0.706. The smallest absolute Gasteiger partial charge is 0.442 e. The Morgan fingerprint density at radius 2 is 1.95 bits per heavy atom. The summed E-state index contributed by atoms with van der Waals surface area (Å²) in [5, 5.41) is 6.30. The van der Waals surface area contributed by atoms with Gasteiger partial charge in [-0.1, -0.05) is 12.1 Å². The Labute approximate surface area is 123 Å². The fourth-order valence-corrected chi connectivity index (χ4v) is 2.10. The standard InChI is InChI=1S/C11H7Br2F3N2O/c1-19-8-5-7(3-2-6(8)4-9(12)13)10(17-18-10)11(14,15)16/h2-5H,1H3. The number of hydrogen-bond acceptors (Lipinski definition) is 3. The third kappa shape index (κ3) is 2.69. The molecule has 0 unspecified atom stereocenters. The Bertz CT molecular complexity index is 560. The van der Waals surface area contributed by atoms with Gasteiger partial charge in [-0.2, -0.15) is 13.2 Å². The molecule has 1 heterocycles. The Morgan fingerprint density at radius 1 is 1.32 bits per heavy atom. The molecule has 0 aromatic heterocycles. The van der Waals surface area contributed by atoms with Crippen molar-refractivity contribution >= 4 is 37.9 Å². The molecule has 3 nitrogen and oxygen atoms in total. The zero-order valence-electron chi connectivity index (χ0n) is 9.50. The molecule has 2 rings (SSSR count). The number of methoxy groups -OCH3 is 1. The number of benzene rings is 1. The number of nitrogens with zero attached hydrogens (tertiary/aromatic N) is 2. The van der Waals surface area contributed by atoms with Crippen LogP contribution in [0.5, 0.6) is 5.75 Å². The minimum atomic E-state index is -4.54. The van der Waals surface area contributed by atoms with E-state index in [4.69, 9.17) is 4.74 Å². The number of hydrogen-bond donors (Lipinski definition) is 0. The van der Waals surface area contributed by atoms with Gasteiger partial charge in [0.05, 0.1) is 10.5 Å². The van der Waals surface area contributed by atoms with Crippen molar-refractivity contribution in [2.45, 2.75) is 11.8 Å². The molecule has 0 bridgehead atoms. The number of ether oxygens (including phenoxy) is 1. The van der Waals surface area contributed by atoms with Crippen LogP contribution in [0.3, 0.4) is 0 Å². The van der Waals surface area contributed by atoms with Crippen LogP contribution in [0, 0.1) is 0 Å². The van der Waals surface area contributed by atoms with E-state index < -0.39 is 11.8 Å². The van der Waals surface area contributed by atoms with Gasteiger partial charge in [0.15, 0.2) is 0 Å². The molecule has 1 aliphatic heterocycles. The van der Waals surface area contributed by atoms with Crippen LogP contribution in [0.4, 0.5) is 13.2 Å². The van der Waals surface area contributed by atoms with E-state index in [9.17, 15) is 13.2 Å². The van der Waals surface area contributed by atoms with Gasteiger partial charge in [-0.05, 0) is 44.0 Å². The lowest BCUT2D eigenvalue weighted by atomic mass is 10.0. The molecule has 0 fully saturated rings. The Kier molecular flexibility index (Phi) is 3.74. The van der Waals surface area contributed by atoms with Gasteiger partial charge in [-0.15, -0.1) is 10.2 Å². The highest BCUT2D eigenvalue weighted by atomic mass is 79.9. The molecular weight excluding hydrogens is 393 g/mol. The van der Waals surface area contributed by atoms with Gasteiger partial charge in [0.25, 0.3) is 0 Å². The van der Waals surface area contributed by atoms with Crippen LogP contribution in [0.2, 0.25) is 0 Å². The van der Waals surface area contributed by atoms with Gasteiger partial charge < -0.3 is 4.74 Å². The largest absolute Gasteiger partial charge is 0.496 e. The molecule has 0 saturated heterocycles. The molecule has 1 aliphatic rings. The Hall–Kier alpha value is -0.890. The summed E-state index contributed by atoms with van der Waals surface area (Å²) >= 11 is 6.36. The molecule has 1 aromatic carbocycles. The van der Waals surface area contributed by atoms with Crippen molar-refractivity contribution in [3.8, 4) is 5.75 Å². The molecule has 102 valence electrons. The molecule has 0 radical (unpaired) electrons. The first-order valence-corrected chi connectivity index (χ1v) is 6.61. The van der Waals surface area contributed by atoms with Crippen molar-refractivity contribution in [2.75, 3.05) is 7.11 Å². The lowest BCUT2D eigenvalue weighted by molar-refractivity contribution is -0.166. The summed E-state index contributed by atoms with van der Waals surface area (Å²) in [6, 6.07) is 4.15. The first kappa shape index (κ1) is 14.5. The zero-order chi connectivity index (χ0) is 14.3. The molecule has 19 heavy (non-hydrogen) atoms. The van der Waals surface area contributed by atoms with E-state index in [0.717, 1.165) is 0 Å². The van der Waals surface area contributed by atoms with Crippen molar-refractivity contribution in [3.05, 3.63) is 32.7 Å². The van der Waals surface area contributed by atoms with E-state index in [1.54, 1.807) is 6.08 Å². The van der Waals surface area contributed by atoms with Gasteiger partial charge in [0.1, 0.15) is 5.75 Å². The van der Waals surface area contributed by atoms with E-state index in [1.165, 1.54) is 25.3 Å². The van der Waals surface area contributed by atoms with E-state index in [-0.39, 0.29) is 5.56 Å². The van der Waals surface area contributed by atoms with E-state index in [0.29, 0.717) is 14.7 Å². The maximum Gasteiger partial charge on any atom is 0.442 e. The van der Waals surface area contributed by atoms with Crippen LogP contribution in [-0.2, 0) is 5.66 Å². The summed E-state index contributed by atoms with van der Waals surface area (Å²) in [5.74, 6) is 0.315. The normalized spacial score (nSPS) is 16.1. The SMILES string of the molecule is COc1cc(C2(C(F)(F)F)N=N2)ccc1C=C(Br)Br. The van der Waals surface area contributed by atoms with E-state index >= 15 is 0 Å². The maximum absolute atomic E-state index is 12.9. The third-order valence-corrected chi connectivity index (χ3v) is 3.05. The van der Waals surface area contributed by atoms with Gasteiger partial charge >= 0.3 is 11.8 Å². The Morgan fingerprint density at radius 3 is 2.37 bits per heavy atom. The van der Waals surface area contributed by atoms with Crippen LogP contribution >= 0.6 is 31.9 Å². The van der Waals surface area contributed by atoms with Crippen LogP contribution in [0.15, 0.2) is 31.8 Å². The third-order valence-electron chi connectivity index (χ3n) is 2.60. The minimum Gasteiger partial charge on any atom is -0.496 e. The van der Waals surface area contributed by atoms with Gasteiger partial charge in [0.2, 0.25) is 0 Å². The van der Waals surface area contributed by atoms with Gasteiger partial charge in [-0.3, -0.25) is 0 Å². The predicted molar refractivity (Wildman–Crippen MR) is 71.4 cm³/mol. The lowest BCUT2D eigenvalue weighted by Crippen LogP contribution is -2.30. The van der Waals surface area contributed by atoms with Crippen molar-refractivity contribution in [2.24, 2.45) is 10.2 Å². The van der Waals surface area contributed by atoms with Crippen LogP contribution in [-0.4, -0.2) is 13.3 Å². The maximum atomic E-state index is 12.9. The molecule has 0 amide bonds. The summed E-state index contributed by atoms with van der Waals surface area (Å²) in [6.07, 6.45) is -2.87. The molecule has 8 heteroatoms. The molecular formula is C11H7Br2F3N2O. The highest BCUT2D eigenvalue weighted by molar-refractivity contribution is 9.28. The first-order valence-electron chi connectivity index (χ1n) is 5.02. The second kappa shape index (κ2) is 4.90. The Balaban J connectivity index is 2.44. The topological polar surface area (TPSA) is 34.0 Å². The number of alkyl halides is 3. The zero-order valence-corrected chi connectivity index (χ0v) is 12.7. The van der Waals surface area contributed by atoms with Gasteiger partial charge in [0, 0.05) is 11.1 Å². The monoisotopic (exact) mass is 398 g/mol. The van der Waals surface area contributed by atoms with Crippen molar-refractivity contribution in [1.29, 1.82) is 0 Å². The van der Waals surface area contributed by atoms with Gasteiger partial charge in [-0.25, -0.2) is 0 Å². The fourth-order valence-electron chi connectivity index (χ4n) is 1.61. The lowest BCUT2D eigenvalue weighted by Gasteiger charge is -2.16. The first-order chi connectivity index (χ1) is 8.80. The van der Waals surface area contributed by atoms with E-state index in [1.807, 2.05) is 0 Å². The second-order valence-corrected chi connectivity index (χ2v) is 6.53. The fraction of sp³-hybridized carbons (Fsp3) is 0.273. The van der Waals surface area contributed by atoms with Crippen molar-refractivity contribution in [1.82, 2.24) is 0 Å². The summed E-state index contributed by atoms with van der Waals surface area (Å²) in [6.45, 7) is 0. The highest BCUT2D eigenvalue weighted by Crippen LogP contribution is 2.53. The predicted octanol–water partition coefficient (Wildman–Crippen LogP) is 4.96. The van der Waals surface area contributed by atoms with Crippen molar-refractivity contribution in [3.63, 3.8) is 0 Å². The summed E-state index contributed by atoms with van der Waals surface area (Å²) < 4.78 is 44.4. The van der Waals surface area contributed by atoms with Crippen molar-refractivity contribution < 1.29 is 17.9 Å². The molecule has 1 aromatic rings.